The zero-order valence-electron chi connectivity index (χ0n) is 22.4. The molecular weight excluding hydrogens is 494 g/mol. The number of phenols is 1. The summed E-state index contributed by atoms with van der Waals surface area (Å²) in [6.07, 6.45) is 5.70. The molecule has 1 aliphatic heterocycles. The highest BCUT2D eigenvalue weighted by molar-refractivity contribution is 6.00. The molecule has 200 valence electrons. The monoisotopic (exact) mass is 525 g/mol. The number of nitrogens with one attached hydrogen (secondary N) is 2. The van der Waals surface area contributed by atoms with Crippen LogP contribution in [0.2, 0.25) is 0 Å². The molecule has 8 nitrogen and oxygen atoms in total. The number of fused-ring (bicyclic) bond motifs is 3. The minimum atomic E-state index is -0.562. The number of likely N-dealkylation sites (N-methyl/N-ethyl adjacent to an activating group) is 1. The minimum absolute atomic E-state index is 0.122. The average Bonchev–Trinajstić information content (AvgIpc) is 2.89. The Bertz CT molecular complexity index is 1620. The third-order valence-electron chi connectivity index (χ3n) is 6.59. The molecule has 0 saturated carbocycles. The summed E-state index contributed by atoms with van der Waals surface area (Å²) in [5, 5.41) is 17.0. The van der Waals surface area contributed by atoms with Gasteiger partial charge in [0.2, 0.25) is 5.43 Å². The molecule has 0 bridgehead atoms. The third kappa shape index (κ3) is 5.37. The Morgan fingerprint density at radius 3 is 2.33 bits per heavy atom. The normalized spacial score (nSPS) is 13.7. The molecule has 4 aromatic rings. The van der Waals surface area contributed by atoms with Crippen LogP contribution >= 0.6 is 0 Å². The van der Waals surface area contributed by atoms with E-state index >= 15 is 0 Å². The van der Waals surface area contributed by atoms with Crippen molar-refractivity contribution in [3.63, 3.8) is 0 Å². The van der Waals surface area contributed by atoms with Crippen molar-refractivity contribution in [1.29, 1.82) is 0 Å². The lowest BCUT2D eigenvalue weighted by Gasteiger charge is -2.30. The Hall–Kier alpha value is -4.56. The van der Waals surface area contributed by atoms with Gasteiger partial charge in [0.1, 0.15) is 28.7 Å². The number of urea groups is 1. The van der Waals surface area contributed by atoms with E-state index < -0.39 is 5.60 Å². The smallest absolute Gasteiger partial charge is 0.323 e. The predicted octanol–water partition coefficient (Wildman–Crippen LogP) is 6.10. The fourth-order valence-corrected chi connectivity index (χ4v) is 4.57. The molecule has 2 heterocycles. The Morgan fingerprint density at radius 1 is 1.00 bits per heavy atom. The molecular formula is C31H31N3O5. The van der Waals surface area contributed by atoms with Gasteiger partial charge in [-0.3, -0.25) is 4.79 Å². The van der Waals surface area contributed by atoms with Crippen LogP contribution in [-0.2, 0) is 6.42 Å². The number of anilines is 2. The van der Waals surface area contributed by atoms with Crippen molar-refractivity contribution in [1.82, 2.24) is 4.90 Å². The topological polar surface area (TPSA) is 104 Å². The second kappa shape index (κ2) is 10.3. The number of ether oxygens (including phenoxy) is 1. The third-order valence-corrected chi connectivity index (χ3v) is 6.59. The highest BCUT2D eigenvalue weighted by atomic mass is 16.5. The number of amides is 2. The van der Waals surface area contributed by atoms with Gasteiger partial charge in [0.15, 0.2) is 5.58 Å². The van der Waals surface area contributed by atoms with E-state index in [0.29, 0.717) is 52.3 Å². The molecule has 0 atom stereocenters. The van der Waals surface area contributed by atoms with Crippen molar-refractivity contribution in [2.45, 2.75) is 25.9 Å². The summed E-state index contributed by atoms with van der Waals surface area (Å²) < 4.78 is 12.2. The number of para-hydroxylation sites is 1. The molecule has 0 radical (unpaired) electrons. The number of hydrogen-bond acceptors (Lipinski definition) is 6. The van der Waals surface area contributed by atoms with Crippen LogP contribution in [0.3, 0.4) is 0 Å². The number of phenolic OH excluding ortho intramolecular Hbond substituents is 1. The summed E-state index contributed by atoms with van der Waals surface area (Å²) in [6, 6.07) is 15.6. The zero-order chi connectivity index (χ0) is 27.7. The van der Waals surface area contributed by atoms with E-state index in [2.05, 4.69) is 10.6 Å². The number of nitrogens with zero attached hydrogens (tertiary/aromatic N) is 1. The summed E-state index contributed by atoms with van der Waals surface area (Å²) in [6.45, 7) is 4.54. The maximum absolute atomic E-state index is 13.7. The lowest BCUT2D eigenvalue weighted by Crippen LogP contribution is -2.29. The van der Waals surface area contributed by atoms with Gasteiger partial charge in [0.25, 0.3) is 0 Å². The van der Waals surface area contributed by atoms with Crippen molar-refractivity contribution in [3.05, 3.63) is 88.3 Å². The van der Waals surface area contributed by atoms with Gasteiger partial charge in [0.05, 0.1) is 11.1 Å². The lowest BCUT2D eigenvalue weighted by molar-refractivity contribution is 0.156. The summed E-state index contributed by atoms with van der Waals surface area (Å²) in [5.41, 5.74) is 2.74. The average molecular weight is 526 g/mol. The number of hydrogen-bond donors (Lipinski definition) is 3. The van der Waals surface area contributed by atoms with Gasteiger partial charge < -0.3 is 29.8 Å². The summed E-state index contributed by atoms with van der Waals surface area (Å²) in [5.74, 6) is 0.414. The Kier molecular flexibility index (Phi) is 6.89. The lowest BCUT2D eigenvalue weighted by atomic mass is 9.94. The maximum Gasteiger partial charge on any atom is 0.323 e. The first kappa shape index (κ1) is 26.1. The van der Waals surface area contributed by atoms with Gasteiger partial charge in [-0.25, -0.2) is 4.79 Å². The SMILES string of the molecule is CN(C)CCc1c2c(c3occ(-c4ccc(NC(=O)Nc5ccccc5)cc4)c(=O)c3c1O)C=CC(C)(C)O2. The van der Waals surface area contributed by atoms with Crippen LogP contribution in [0, 0.1) is 0 Å². The Labute approximate surface area is 226 Å². The van der Waals surface area contributed by atoms with Gasteiger partial charge >= 0.3 is 6.03 Å². The van der Waals surface area contributed by atoms with Gasteiger partial charge in [-0.1, -0.05) is 30.3 Å². The second-order valence-electron chi connectivity index (χ2n) is 10.4. The molecule has 0 aliphatic carbocycles. The van der Waals surface area contributed by atoms with Crippen LogP contribution in [-0.4, -0.2) is 42.3 Å². The summed E-state index contributed by atoms with van der Waals surface area (Å²) in [4.78, 5) is 28.1. The highest BCUT2D eigenvalue weighted by Gasteiger charge is 2.30. The van der Waals surface area contributed by atoms with Crippen LogP contribution in [0.25, 0.3) is 28.2 Å². The molecule has 5 rings (SSSR count). The molecule has 0 saturated heterocycles. The second-order valence-corrected chi connectivity index (χ2v) is 10.4. The van der Waals surface area contributed by atoms with Gasteiger partial charge in [-0.15, -0.1) is 0 Å². The van der Waals surface area contributed by atoms with Crippen molar-refractivity contribution in [3.8, 4) is 22.6 Å². The molecule has 8 heteroatoms. The molecule has 0 unspecified atom stereocenters. The largest absolute Gasteiger partial charge is 0.507 e. The molecule has 2 amide bonds. The minimum Gasteiger partial charge on any atom is -0.507 e. The summed E-state index contributed by atoms with van der Waals surface area (Å²) in [7, 11) is 3.90. The summed E-state index contributed by atoms with van der Waals surface area (Å²) >= 11 is 0. The van der Waals surface area contributed by atoms with E-state index in [4.69, 9.17) is 9.15 Å². The number of benzene rings is 3. The Balaban J connectivity index is 1.50. The molecule has 1 aromatic heterocycles. The van der Waals surface area contributed by atoms with E-state index in [1.54, 1.807) is 36.4 Å². The molecule has 1 aliphatic rings. The maximum atomic E-state index is 13.7. The van der Waals surface area contributed by atoms with E-state index in [9.17, 15) is 14.7 Å². The molecule has 0 spiro atoms. The van der Waals surface area contributed by atoms with Crippen molar-refractivity contribution >= 4 is 34.5 Å². The van der Waals surface area contributed by atoms with E-state index in [1.165, 1.54) is 6.26 Å². The molecule has 0 fully saturated rings. The van der Waals surface area contributed by atoms with Crippen molar-refractivity contribution in [2.24, 2.45) is 0 Å². The fourth-order valence-electron chi connectivity index (χ4n) is 4.57. The standard InChI is InChI=1S/C31H31N3O5/c1-31(2)16-14-23-28(39-31)22(15-17-34(3)4)26(35)25-27(36)24(18-38-29(23)25)19-10-12-21(13-11-19)33-30(37)32-20-8-6-5-7-9-20/h5-14,16,18,35H,15,17H2,1-4H3,(H2,32,33,37). The van der Waals surface area contributed by atoms with Crippen LogP contribution in [0.15, 0.2) is 76.1 Å². The van der Waals surface area contributed by atoms with Crippen LogP contribution in [0.4, 0.5) is 16.2 Å². The quantitative estimate of drug-likeness (QED) is 0.281. The highest BCUT2D eigenvalue weighted by Crippen LogP contribution is 2.44. The zero-order valence-corrected chi connectivity index (χ0v) is 22.4. The van der Waals surface area contributed by atoms with Gasteiger partial charge in [-0.2, -0.15) is 0 Å². The molecule has 3 aromatic carbocycles. The number of rotatable bonds is 6. The Morgan fingerprint density at radius 2 is 1.67 bits per heavy atom. The number of carbonyl (C=O) groups is 1. The first-order valence-electron chi connectivity index (χ1n) is 12.7. The van der Waals surface area contributed by atoms with Crippen LogP contribution in [0.1, 0.15) is 25.0 Å². The number of carbonyl (C=O) groups excluding carboxylic acids is 1. The fraction of sp³-hybridized carbons (Fsp3) is 0.226. The van der Waals surface area contributed by atoms with Gasteiger partial charge in [-0.05, 0) is 76.3 Å². The molecule has 3 N–H and O–H groups in total. The number of aromatic hydroxyl groups is 1. The van der Waals surface area contributed by atoms with Gasteiger partial charge in [0, 0.05) is 23.5 Å². The first-order valence-corrected chi connectivity index (χ1v) is 12.7. The van der Waals surface area contributed by atoms with Crippen LogP contribution in [0.5, 0.6) is 11.5 Å². The predicted molar refractivity (Wildman–Crippen MR) is 155 cm³/mol. The first-order chi connectivity index (χ1) is 18.6. The van der Waals surface area contributed by atoms with E-state index in [1.807, 2.05) is 63.2 Å². The van der Waals surface area contributed by atoms with E-state index in [0.717, 1.165) is 0 Å². The van der Waals surface area contributed by atoms with Crippen LogP contribution < -0.4 is 20.8 Å². The van der Waals surface area contributed by atoms with Crippen molar-refractivity contribution in [2.75, 3.05) is 31.3 Å². The van der Waals surface area contributed by atoms with Crippen molar-refractivity contribution < 1.29 is 19.1 Å². The molecule has 39 heavy (non-hydrogen) atoms. The van der Waals surface area contributed by atoms with E-state index in [-0.39, 0.29) is 28.2 Å².